The van der Waals surface area contributed by atoms with Gasteiger partial charge in [0.2, 0.25) is 0 Å². The summed E-state index contributed by atoms with van der Waals surface area (Å²) in [6.45, 7) is 0. The Bertz CT molecular complexity index is 918. The van der Waals surface area contributed by atoms with Crippen molar-refractivity contribution in [2.45, 2.75) is 12.3 Å². The number of alkyl halides is 3. The number of nitrogens with one attached hydrogen (secondary N) is 2. The molecule has 0 spiro atoms. The van der Waals surface area contributed by atoms with Gasteiger partial charge >= 0.3 is 19.8 Å². The van der Waals surface area contributed by atoms with Crippen LogP contribution in [0.5, 0.6) is 0 Å². The van der Waals surface area contributed by atoms with E-state index in [0.717, 1.165) is 6.07 Å². The van der Waals surface area contributed by atoms with Crippen LogP contribution < -0.4 is 10.6 Å². The maximum Gasteiger partial charge on any atom is 0.417 e. The highest BCUT2D eigenvalue weighted by Gasteiger charge is 2.33. The van der Waals surface area contributed by atoms with E-state index in [1.165, 1.54) is 24.3 Å². The molecule has 0 heterocycles. The van der Waals surface area contributed by atoms with E-state index in [4.69, 9.17) is 33.0 Å². The standard InChI is InChI=1S/C15H12Cl2F3N2O4P/c16-9-1-4-13(8(5-9)7-27(24,25)26)22-14(23)21-10-2-3-12(17)11(6-10)15(18,19)20/h1-6H,7H2,(H2,21,22,23)(H2,24,25,26). The molecule has 0 radical (unpaired) electrons. The summed E-state index contributed by atoms with van der Waals surface area (Å²) in [5, 5.41) is 4.19. The molecule has 12 heteroatoms. The van der Waals surface area contributed by atoms with Gasteiger partial charge in [0.15, 0.2) is 0 Å². The van der Waals surface area contributed by atoms with Crippen molar-refractivity contribution in [1.29, 1.82) is 0 Å². The molecule has 0 fully saturated rings. The van der Waals surface area contributed by atoms with Crippen molar-refractivity contribution in [3.8, 4) is 0 Å². The van der Waals surface area contributed by atoms with E-state index in [0.29, 0.717) is 6.07 Å². The molecular weight excluding hydrogens is 431 g/mol. The molecule has 0 unspecified atom stereocenters. The quantitative estimate of drug-likeness (QED) is 0.480. The number of anilines is 2. The fourth-order valence-electron chi connectivity index (χ4n) is 2.14. The number of amides is 2. The average molecular weight is 443 g/mol. The number of carbonyl (C=O) groups excluding carboxylic acids is 1. The van der Waals surface area contributed by atoms with Gasteiger partial charge in [-0.3, -0.25) is 4.57 Å². The molecule has 0 aromatic heterocycles. The minimum atomic E-state index is -4.70. The van der Waals surface area contributed by atoms with E-state index >= 15 is 0 Å². The Balaban J connectivity index is 2.21. The lowest BCUT2D eigenvalue weighted by molar-refractivity contribution is -0.137. The molecule has 27 heavy (non-hydrogen) atoms. The first-order valence-electron chi connectivity index (χ1n) is 7.13. The van der Waals surface area contributed by atoms with Crippen LogP contribution in [0, 0.1) is 0 Å². The lowest BCUT2D eigenvalue weighted by atomic mass is 10.2. The lowest BCUT2D eigenvalue weighted by Crippen LogP contribution is -2.20. The second kappa shape index (κ2) is 8.08. The number of benzene rings is 2. The van der Waals surface area contributed by atoms with Gasteiger partial charge in [-0.05, 0) is 42.0 Å². The summed E-state index contributed by atoms with van der Waals surface area (Å²) in [4.78, 5) is 30.3. The van der Waals surface area contributed by atoms with Crippen LogP contribution in [0.4, 0.5) is 29.3 Å². The Morgan fingerprint density at radius 3 is 2.33 bits per heavy atom. The molecule has 6 nitrogen and oxygen atoms in total. The minimum Gasteiger partial charge on any atom is -0.324 e. The third-order valence-corrected chi connectivity index (χ3v) is 4.54. The third-order valence-electron chi connectivity index (χ3n) is 3.22. The van der Waals surface area contributed by atoms with Gasteiger partial charge in [0.1, 0.15) is 0 Å². The highest BCUT2D eigenvalue weighted by Crippen LogP contribution is 2.41. The number of urea groups is 1. The molecule has 0 aliphatic carbocycles. The van der Waals surface area contributed by atoms with Gasteiger partial charge < -0.3 is 20.4 Å². The van der Waals surface area contributed by atoms with Gasteiger partial charge in [-0.1, -0.05) is 23.2 Å². The van der Waals surface area contributed by atoms with Crippen LogP contribution in [-0.4, -0.2) is 15.8 Å². The Labute approximate surface area is 161 Å². The van der Waals surface area contributed by atoms with Crippen LogP contribution in [0.25, 0.3) is 0 Å². The maximum atomic E-state index is 12.9. The number of carbonyl (C=O) groups is 1. The SMILES string of the molecule is O=C(Nc1ccc(Cl)c(C(F)(F)F)c1)Nc1ccc(Cl)cc1CP(=O)(O)O. The van der Waals surface area contributed by atoms with Crippen molar-refractivity contribution in [2.75, 3.05) is 10.6 Å². The van der Waals surface area contributed by atoms with Crippen molar-refractivity contribution in [3.63, 3.8) is 0 Å². The van der Waals surface area contributed by atoms with Crippen LogP contribution in [0.1, 0.15) is 11.1 Å². The van der Waals surface area contributed by atoms with Gasteiger partial charge in [-0.2, -0.15) is 13.2 Å². The van der Waals surface area contributed by atoms with E-state index in [9.17, 15) is 22.5 Å². The van der Waals surface area contributed by atoms with Crippen molar-refractivity contribution < 1.29 is 32.3 Å². The number of hydrogen-bond donors (Lipinski definition) is 4. The second-order valence-corrected chi connectivity index (χ2v) is 7.89. The third kappa shape index (κ3) is 6.41. The Morgan fingerprint density at radius 2 is 1.74 bits per heavy atom. The Morgan fingerprint density at radius 1 is 1.07 bits per heavy atom. The van der Waals surface area contributed by atoms with Crippen molar-refractivity contribution >= 4 is 48.2 Å². The van der Waals surface area contributed by atoms with E-state index in [1.807, 2.05) is 0 Å². The molecule has 2 aromatic carbocycles. The summed E-state index contributed by atoms with van der Waals surface area (Å²) < 4.78 is 49.8. The highest BCUT2D eigenvalue weighted by molar-refractivity contribution is 7.50. The zero-order chi connectivity index (χ0) is 20.4. The maximum absolute atomic E-state index is 12.9. The van der Waals surface area contributed by atoms with Crippen LogP contribution >= 0.6 is 30.8 Å². The smallest absolute Gasteiger partial charge is 0.324 e. The van der Waals surface area contributed by atoms with Crippen LogP contribution in [0.2, 0.25) is 10.0 Å². The summed E-state index contributed by atoms with van der Waals surface area (Å²) in [6.07, 6.45) is -5.37. The van der Waals surface area contributed by atoms with Gasteiger partial charge in [-0.15, -0.1) is 0 Å². The average Bonchev–Trinajstić information content (AvgIpc) is 2.49. The first kappa shape index (κ1) is 21.5. The van der Waals surface area contributed by atoms with Gasteiger partial charge in [-0.25, -0.2) is 4.79 Å². The molecule has 0 saturated carbocycles. The second-order valence-electron chi connectivity index (χ2n) is 5.40. The summed E-state index contributed by atoms with van der Waals surface area (Å²) in [5.41, 5.74) is -1.17. The monoisotopic (exact) mass is 442 g/mol. The molecule has 0 aliphatic heterocycles. The Hall–Kier alpha value is -1.77. The molecule has 4 N–H and O–H groups in total. The molecule has 146 valence electrons. The molecule has 0 bridgehead atoms. The summed E-state index contributed by atoms with van der Waals surface area (Å²) in [5.74, 6) is 0. The Kier molecular flexibility index (Phi) is 6.44. The van der Waals surface area contributed by atoms with Crippen LogP contribution in [0.15, 0.2) is 36.4 Å². The molecule has 2 rings (SSSR count). The first-order chi connectivity index (χ1) is 12.3. The zero-order valence-electron chi connectivity index (χ0n) is 13.2. The van der Waals surface area contributed by atoms with E-state index in [1.54, 1.807) is 0 Å². The van der Waals surface area contributed by atoms with E-state index in [-0.39, 0.29) is 22.0 Å². The normalized spacial score (nSPS) is 12.0. The number of rotatable bonds is 4. The predicted molar refractivity (Wildman–Crippen MR) is 96.3 cm³/mol. The number of halogens is 5. The minimum absolute atomic E-state index is 0.0465. The summed E-state index contributed by atoms with van der Waals surface area (Å²) in [7, 11) is -4.45. The largest absolute Gasteiger partial charge is 0.417 e. The lowest BCUT2D eigenvalue weighted by Gasteiger charge is -2.14. The molecule has 0 saturated heterocycles. The van der Waals surface area contributed by atoms with Crippen molar-refractivity contribution in [3.05, 3.63) is 57.6 Å². The topological polar surface area (TPSA) is 98.7 Å². The highest BCUT2D eigenvalue weighted by atomic mass is 35.5. The first-order valence-corrected chi connectivity index (χ1v) is 9.68. The molecule has 2 amide bonds. The van der Waals surface area contributed by atoms with Gasteiger partial charge in [0, 0.05) is 16.4 Å². The van der Waals surface area contributed by atoms with Gasteiger partial charge in [0.25, 0.3) is 0 Å². The predicted octanol–water partition coefficient (Wildman–Crippen LogP) is 5.33. The summed E-state index contributed by atoms with van der Waals surface area (Å²) >= 11 is 11.3. The van der Waals surface area contributed by atoms with Crippen LogP contribution in [-0.2, 0) is 16.9 Å². The van der Waals surface area contributed by atoms with Crippen LogP contribution in [0.3, 0.4) is 0 Å². The van der Waals surface area contributed by atoms with Crippen molar-refractivity contribution in [2.24, 2.45) is 0 Å². The van der Waals surface area contributed by atoms with E-state index in [2.05, 4.69) is 10.6 Å². The fraction of sp³-hybridized carbons (Fsp3) is 0.133. The molecular formula is C15H12Cl2F3N2O4P. The van der Waals surface area contributed by atoms with E-state index < -0.39 is 36.6 Å². The van der Waals surface area contributed by atoms with Gasteiger partial charge in [0.05, 0.1) is 16.7 Å². The molecule has 0 aliphatic rings. The summed E-state index contributed by atoms with van der Waals surface area (Å²) in [6, 6.07) is 5.87. The van der Waals surface area contributed by atoms with Crippen molar-refractivity contribution in [1.82, 2.24) is 0 Å². The fourth-order valence-corrected chi connectivity index (χ4v) is 3.27. The number of hydrogen-bond acceptors (Lipinski definition) is 2. The molecule has 0 atom stereocenters. The molecule has 2 aromatic rings. The zero-order valence-corrected chi connectivity index (χ0v) is 15.6.